The molecule has 3 atom stereocenters. The van der Waals surface area contributed by atoms with E-state index in [2.05, 4.69) is 17.1 Å². The van der Waals surface area contributed by atoms with Crippen LogP contribution in [-0.4, -0.2) is 47.2 Å². The third kappa shape index (κ3) is 3.11. The Morgan fingerprint density at radius 2 is 1.95 bits per heavy atom. The van der Waals surface area contributed by atoms with Gasteiger partial charge >= 0.3 is 5.97 Å². The summed E-state index contributed by atoms with van der Waals surface area (Å²) in [4.78, 5) is 13.8. The van der Waals surface area contributed by atoms with Crippen molar-refractivity contribution in [1.82, 2.24) is 10.2 Å². The Balaban J connectivity index is 1.62. The van der Waals surface area contributed by atoms with E-state index in [-0.39, 0.29) is 5.92 Å². The van der Waals surface area contributed by atoms with Gasteiger partial charge in [0.05, 0.1) is 5.92 Å². The third-order valence-electron chi connectivity index (χ3n) is 5.28. The first-order valence-electron chi connectivity index (χ1n) is 7.86. The first-order chi connectivity index (χ1) is 9.13. The minimum absolute atomic E-state index is 0.187. The fourth-order valence-corrected chi connectivity index (χ4v) is 3.57. The quantitative estimate of drug-likeness (QED) is 0.795. The highest BCUT2D eigenvalue weighted by atomic mass is 16.4. The first kappa shape index (κ1) is 13.4. The van der Waals surface area contributed by atoms with Crippen LogP contribution in [0, 0.1) is 11.8 Å². The van der Waals surface area contributed by atoms with Gasteiger partial charge in [-0.2, -0.15) is 0 Å². The van der Waals surface area contributed by atoms with Gasteiger partial charge < -0.3 is 10.4 Å². The van der Waals surface area contributed by atoms with Crippen LogP contribution in [0.15, 0.2) is 0 Å². The molecule has 0 aromatic heterocycles. The molecule has 0 spiro atoms. The van der Waals surface area contributed by atoms with E-state index in [9.17, 15) is 9.90 Å². The highest BCUT2D eigenvalue weighted by Crippen LogP contribution is 2.34. The number of aliphatic carboxylic acids is 1. The summed E-state index contributed by atoms with van der Waals surface area (Å²) in [5, 5.41) is 13.0. The van der Waals surface area contributed by atoms with Gasteiger partial charge in [0, 0.05) is 31.2 Å². The second kappa shape index (κ2) is 5.41. The number of carboxylic acids is 1. The highest BCUT2D eigenvalue weighted by molar-refractivity contribution is 5.70. The Kier molecular flexibility index (Phi) is 3.81. The molecule has 2 N–H and O–H groups in total. The molecule has 3 aliphatic rings. The van der Waals surface area contributed by atoms with Crippen LogP contribution < -0.4 is 5.32 Å². The Morgan fingerprint density at radius 3 is 2.47 bits per heavy atom. The zero-order chi connectivity index (χ0) is 13.4. The summed E-state index contributed by atoms with van der Waals surface area (Å²) < 4.78 is 0. The average Bonchev–Trinajstić information content (AvgIpc) is 3.10. The molecule has 0 radical (unpaired) electrons. The molecule has 19 heavy (non-hydrogen) atoms. The minimum atomic E-state index is -0.617. The lowest BCUT2D eigenvalue weighted by atomic mass is 9.78. The summed E-state index contributed by atoms with van der Waals surface area (Å²) in [6.45, 7) is 4.08. The molecule has 1 saturated heterocycles. The van der Waals surface area contributed by atoms with Crippen molar-refractivity contribution in [2.24, 2.45) is 11.8 Å². The molecule has 3 rings (SSSR count). The summed E-state index contributed by atoms with van der Waals surface area (Å²) in [5.74, 6) is -0.00486. The number of hydrogen-bond acceptors (Lipinski definition) is 3. The van der Waals surface area contributed by atoms with Crippen molar-refractivity contribution in [3.63, 3.8) is 0 Å². The monoisotopic (exact) mass is 266 g/mol. The molecule has 2 aliphatic carbocycles. The predicted octanol–water partition coefficient (Wildman–Crippen LogP) is 1.70. The largest absolute Gasteiger partial charge is 0.481 e. The molecule has 1 aliphatic heterocycles. The van der Waals surface area contributed by atoms with Crippen LogP contribution in [0.3, 0.4) is 0 Å². The normalized spacial score (nSPS) is 34.8. The zero-order valence-electron chi connectivity index (χ0n) is 11.8. The topological polar surface area (TPSA) is 52.6 Å². The van der Waals surface area contributed by atoms with Crippen LogP contribution >= 0.6 is 0 Å². The summed E-state index contributed by atoms with van der Waals surface area (Å²) in [6.07, 6.45) is 7.36. The van der Waals surface area contributed by atoms with Gasteiger partial charge in [0.15, 0.2) is 0 Å². The molecule has 2 saturated carbocycles. The van der Waals surface area contributed by atoms with Crippen molar-refractivity contribution < 1.29 is 9.90 Å². The minimum Gasteiger partial charge on any atom is -0.481 e. The SMILES string of the molecule is CC(C1CCC1)N1CC(NC2CC2)CC(C(=O)O)C1. The number of piperidine rings is 1. The fourth-order valence-electron chi connectivity index (χ4n) is 3.57. The van der Waals surface area contributed by atoms with Gasteiger partial charge in [0.2, 0.25) is 0 Å². The Bertz CT molecular complexity index is 339. The van der Waals surface area contributed by atoms with E-state index in [1.54, 1.807) is 0 Å². The summed E-state index contributed by atoms with van der Waals surface area (Å²) in [7, 11) is 0. The summed E-state index contributed by atoms with van der Waals surface area (Å²) in [6, 6.07) is 1.60. The number of rotatable bonds is 5. The predicted molar refractivity (Wildman–Crippen MR) is 74.1 cm³/mol. The van der Waals surface area contributed by atoms with Gasteiger partial charge in [-0.05, 0) is 44.9 Å². The molecule has 3 unspecified atom stereocenters. The van der Waals surface area contributed by atoms with Crippen LogP contribution in [-0.2, 0) is 4.79 Å². The highest BCUT2D eigenvalue weighted by Gasteiger charge is 2.38. The van der Waals surface area contributed by atoms with Gasteiger partial charge in [0.25, 0.3) is 0 Å². The van der Waals surface area contributed by atoms with Crippen molar-refractivity contribution in [2.45, 2.75) is 63.6 Å². The molecular weight excluding hydrogens is 240 g/mol. The van der Waals surface area contributed by atoms with E-state index in [1.165, 1.54) is 32.1 Å². The summed E-state index contributed by atoms with van der Waals surface area (Å²) >= 11 is 0. The number of likely N-dealkylation sites (tertiary alicyclic amines) is 1. The van der Waals surface area contributed by atoms with E-state index in [1.807, 2.05) is 0 Å². The Labute approximate surface area is 115 Å². The number of carboxylic acid groups (broad SMARTS) is 1. The van der Waals surface area contributed by atoms with Crippen LogP contribution in [0.2, 0.25) is 0 Å². The second-order valence-corrected chi connectivity index (χ2v) is 6.79. The lowest BCUT2D eigenvalue weighted by Crippen LogP contribution is -2.55. The van der Waals surface area contributed by atoms with Crippen molar-refractivity contribution in [3.05, 3.63) is 0 Å². The number of nitrogens with one attached hydrogen (secondary N) is 1. The van der Waals surface area contributed by atoms with Crippen LogP contribution in [0.1, 0.15) is 45.4 Å². The zero-order valence-corrected chi connectivity index (χ0v) is 11.8. The molecule has 4 heteroatoms. The molecule has 108 valence electrons. The average molecular weight is 266 g/mol. The Morgan fingerprint density at radius 1 is 1.21 bits per heavy atom. The molecular formula is C15H26N2O2. The second-order valence-electron chi connectivity index (χ2n) is 6.79. The molecule has 0 amide bonds. The van der Waals surface area contributed by atoms with Crippen LogP contribution in [0.4, 0.5) is 0 Å². The number of carbonyl (C=O) groups is 1. The smallest absolute Gasteiger partial charge is 0.307 e. The van der Waals surface area contributed by atoms with E-state index < -0.39 is 5.97 Å². The van der Waals surface area contributed by atoms with Crippen molar-refractivity contribution in [2.75, 3.05) is 13.1 Å². The van der Waals surface area contributed by atoms with E-state index in [0.29, 0.717) is 18.1 Å². The lowest BCUT2D eigenvalue weighted by molar-refractivity contribution is -0.144. The standard InChI is InChI=1S/C15H26N2O2/c1-10(11-3-2-4-11)17-8-12(15(18)19)7-14(9-17)16-13-5-6-13/h10-14,16H,2-9H2,1H3,(H,18,19). The fraction of sp³-hybridized carbons (Fsp3) is 0.933. The first-order valence-corrected chi connectivity index (χ1v) is 7.86. The van der Waals surface area contributed by atoms with Gasteiger partial charge in [-0.25, -0.2) is 0 Å². The van der Waals surface area contributed by atoms with E-state index >= 15 is 0 Å². The number of hydrogen-bond donors (Lipinski definition) is 2. The van der Waals surface area contributed by atoms with Gasteiger partial charge in [-0.1, -0.05) is 6.42 Å². The maximum Gasteiger partial charge on any atom is 0.307 e. The molecule has 0 bridgehead atoms. The Hall–Kier alpha value is -0.610. The van der Waals surface area contributed by atoms with E-state index in [0.717, 1.165) is 25.4 Å². The van der Waals surface area contributed by atoms with E-state index in [4.69, 9.17) is 0 Å². The van der Waals surface area contributed by atoms with Crippen LogP contribution in [0.5, 0.6) is 0 Å². The molecule has 0 aromatic rings. The molecule has 3 fully saturated rings. The lowest BCUT2D eigenvalue weighted by Gasteiger charge is -2.45. The van der Waals surface area contributed by atoms with Gasteiger partial charge in [0.1, 0.15) is 0 Å². The third-order valence-corrected chi connectivity index (χ3v) is 5.28. The molecule has 0 aromatic carbocycles. The number of nitrogens with zero attached hydrogens (tertiary/aromatic N) is 1. The van der Waals surface area contributed by atoms with Crippen molar-refractivity contribution in [3.8, 4) is 0 Å². The maximum atomic E-state index is 11.4. The summed E-state index contributed by atoms with van der Waals surface area (Å²) in [5.41, 5.74) is 0. The maximum absolute atomic E-state index is 11.4. The van der Waals surface area contributed by atoms with Crippen molar-refractivity contribution >= 4 is 5.97 Å². The van der Waals surface area contributed by atoms with Crippen LogP contribution in [0.25, 0.3) is 0 Å². The molecule has 4 nitrogen and oxygen atoms in total. The van der Waals surface area contributed by atoms with Gasteiger partial charge in [-0.15, -0.1) is 0 Å². The van der Waals surface area contributed by atoms with Gasteiger partial charge in [-0.3, -0.25) is 9.69 Å². The molecule has 1 heterocycles. The van der Waals surface area contributed by atoms with Crippen molar-refractivity contribution in [1.29, 1.82) is 0 Å².